The SMILES string of the molecule is CCC(OC)c1noc(C(N)(CC)CC)n1. The van der Waals surface area contributed by atoms with Crippen LogP contribution < -0.4 is 5.73 Å². The smallest absolute Gasteiger partial charge is 0.246 e. The van der Waals surface area contributed by atoms with Crippen LogP contribution in [0.4, 0.5) is 0 Å². The van der Waals surface area contributed by atoms with Crippen molar-refractivity contribution >= 4 is 0 Å². The van der Waals surface area contributed by atoms with E-state index < -0.39 is 5.54 Å². The Hall–Kier alpha value is -0.940. The molecule has 0 saturated carbocycles. The number of hydrogen-bond donors (Lipinski definition) is 1. The molecule has 2 N–H and O–H groups in total. The van der Waals surface area contributed by atoms with Crippen molar-refractivity contribution in [2.24, 2.45) is 5.73 Å². The van der Waals surface area contributed by atoms with Gasteiger partial charge in [0.25, 0.3) is 0 Å². The van der Waals surface area contributed by atoms with Gasteiger partial charge in [-0.2, -0.15) is 4.98 Å². The summed E-state index contributed by atoms with van der Waals surface area (Å²) in [6.45, 7) is 6.04. The average molecular weight is 227 g/mol. The fraction of sp³-hybridized carbons (Fsp3) is 0.818. The Bertz CT molecular complexity index is 317. The Labute approximate surface area is 96.4 Å². The van der Waals surface area contributed by atoms with Gasteiger partial charge in [0.2, 0.25) is 11.7 Å². The summed E-state index contributed by atoms with van der Waals surface area (Å²) >= 11 is 0. The van der Waals surface area contributed by atoms with Crippen LogP contribution in [0.2, 0.25) is 0 Å². The highest BCUT2D eigenvalue weighted by atomic mass is 16.5. The van der Waals surface area contributed by atoms with Crippen molar-refractivity contribution in [2.75, 3.05) is 7.11 Å². The van der Waals surface area contributed by atoms with Gasteiger partial charge in [0.05, 0.1) is 5.54 Å². The molecule has 0 aliphatic rings. The number of nitrogens with two attached hydrogens (primary N) is 1. The molecule has 1 rings (SSSR count). The maximum atomic E-state index is 6.18. The summed E-state index contributed by atoms with van der Waals surface area (Å²) in [5.74, 6) is 1.08. The lowest BCUT2D eigenvalue weighted by molar-refractivity contribution is 0.0903. The summed E-state index contributed by atoms with van der Waals surface area (Å²) in [4.78, 5) is 4.34. The van der Waals surface area contributed by atoms with Crippen LogP contribution in [-0.2, 0) is 10.3 Å². The number of methoxy groups -OCH3 is 1. The second-order valence-electron chi connectivity index (χ2n) is 3.95. The Balaban J connectivity index is 2.93. The van der Waals surface area contributed by atoms with Crippen molar-refractivity contribution in [1.82, 2.24) is 10.1 Å². The molecule has 1 aromatic heterocycles. The molecule has 1 heterocycles. The third-order valence-electron chi connectivity index (χ3n) is 3.07. The van der Waals surface area contributed by atoms with Crippen LogP contribution >= 0.6 is 0 Å². The summed E-state index contributed by atoms with van der Waals surface area (Å²) in [6.07, 6.45) is 2.24. The van der Waals surface area contributed by atoms with Gasteiger partial charge in [-0.25, -0.2) is 0 Å². The molecular formula is C11H21N3O2. The summed E-state index contributed by atoms with van der Waals surface area (Å²) in [5, 5.41) is 3.93. The van der Waals surface area contributed by atoms with E-state index in [0.29, 0.717) is 11.7 Å². The van der Waals surface area contributed by atoms with E-state index >= 15 is 0 Å². The monoisotopic (exact) mass is 227 g/mol. The Morgan fingerprint density at radius 2 is 2.00 bits per heavy atom. The van der Waals surface area contributed by atoms with Gasteiger partial charge in [0.15, 0.2) is 0 Å². The quantitative estimate of drug-likeness (QED) is 0.805. The molecule has 1 aromatic rings. The zero-order chi connectivity index (χ0) is 12.2. The predicted molar refractivity (Wildman–Crippen MR) is 60.8 cm³/mol. The molecule has 0 saturated heterocycles. The van der Waals surface area contributed by atoms with Crippen LogP contribution in [0, 0.1) is 0 Å². The first-order valence-electron chi connectivity index (χ1n) is 5.77. The molecule has 0 fully saturated rings. The first-order valence-corrected chi connectivity index (χ1v) is 5.77. The number of ether oxygens (including phenoxy) is 1. The lowest BCUT2D eigenvalue weighted by Crippen LogP contribution is -2.35. The van der Waals surface area contributed by atoms with Crippen molar-refractivity contribution in [1.29, 1.82) is 0 Å². The molecular weight excluding hydrogens is 206 g/mol. The number of nitrogens with zero attached hydrogens (tertiary/aromatic N) is 2. The maximum absolute atomic E-state index is 6.18. The summed E-state index contributed by atoms with van der Waals surface area (Å²) in [6, 6.07) is 0. The standard InChI is InChI=1S/C11H21N3O2/c1-5-8(15-4)9-13-10(16-14-9)11(12,6-2)7-3/h8H,5-7,12H2,1-4H3. The van der Waals surface area contributed by atoms with E-state index in [0.717, 1.165) is 19.3 Å². The van der Waals surface area contributed by atoms with E-state index in [4.69, 9.17) is 15.0 Å². The third-order valence-corrected chi connectivity index (χ3v) is 3.07. The van der Waals surface area contributed by atoms with Gasteiger partial charge in [0, 0.05) is 7.11 Å². The summed E-state index contributed by atoms with van der Waals surface area (Å²) in [7, 11) is 1.64. The van der Waals surface area contributed by atoms with Crippen molar-refractivity contribution < 1.29 is 9.26 Å². The second kappa shape index (κ2) is 5.41. The molecule has 1 unspecified atom stereocenters. The summed E-state index contributed by atoms with van der Waals surface area (Å²) in [5.41, 5.74) is 5.66. The Morgan fingerprint density at radius 1 is 1.38 bits per heavy atom. The highest BCUT2D eigenvalue weighted by molar-refractivity contribution is 5.02. The zero-order valence-electron chi connectivity index (χ0n) is 10.5. The molecule has 5 heteroatoms. The first-order chi connectivity index (χ1) is 7.61. The molecule has 0 aliphatic heterocycles. The fourth-order valence-corrected chi connectivity index (χ4v) is 1.57. The van der Waals surface area contributed by atoms with Crippen LogP contribution in [0.25, 0.3) is 0 Å². The molecule has 0 bridgehead atoms. The van der Waals surface area contributed by atoms with E-state index in [9.17, 15) is 0 Å². The van der Waals surface area contributed by atoms with Gasteiger partial charge in [-0.05, 0) is 19.3 Å². The number of aromatic nitrogens is 2. The van der Waals surface area contributed by atoms with Gasteiger partial charge in [-0.1, -0.05) is 25.9 Å². The lowest BCUT2D eigenvalue weighted by atomic mass is 9.94. The van der Waals surface area contributed by atoms with Crippen LogP contribution in [0.1, 0.15) is 57.9 Å². The Kier molecular flexibility index (Phi) is 4.44. The molecule has 16 heavy (non-hydrogen) atoms. The van der Waals surface area contributed by atoms with E-state index in [1.54, 1.807) is 7.11 Å². The van der Waals surface area contributed by atoms with Gasteiger partial charge in [0.1, 0.15) is 6.10 Å². The molecule has 0 spiro atoms. The zero-order valence-corrected chi connectivity index (χ0v) is 10.5. The van der Waals surface area contributed by atoms with E-state index in [-0.39, 0.29) is 6.10 Å². The van der Waals surface area contributed by atoms with Gasteiger partial charge >= 0.3 is 0 Å². The molecule has 0 aromatic carbocycles. The van der Waals surface area contributed by atoms with E-state index in [1.165, 1.54) is 0 Å². The lowest BCUT2D eigenvalue weighted by Gasteiger charge is -2.21. The highest BCUT2D eigenvalue weighted by Crippen LogP contribution is 2.26. The average Bonchev–Trinajstić information content (AvgIpc) is 2.80. The van der Waals surface area contributed by atoms with Gasteiger partial charge in [-0.3, -0.25) is 0 Å². The van der Waals surface area contributed by atoms with Crippen LogP contribution in [-0.4, -0.2) is 17.3 Å². The van der Waals surface area contributed by atoms with Crippen molar-refractivity contribution in [3.63, 3.8) is 0 Å². The number of hydrogen-bond acceptors (Lipinski definition) is 5. The Morgan fingerprint density at radius 3 is 2.44 bits per heavy atom. The molecule has 0 aliphatic carbocycles. The van der Waals surface area contributed by atoms with Crippen molar-refractivity contribution in [2.45, 2.75) is 51.7 Å². The van der Waals surface area contributed by atoms with E-state index in [2.05, 4.69) is 10.1 Å². The predicted octanol–water partition coefficient (Wildman–Crippen LogP) is 2.14. The first kappa shape index (κ1) is 13.1. The number of rotatable bonds is 6. The summed E-state index contributed by atoms with van der Waals surface area (Å²) < 4.78 is 10.5. The minimum absolute atomic E-state index is 0.115. The van der Waals surface area contributed by atoms with Crippen molar-refractivity contribution in [3.8, 4) is 0 Å². The molecule has 92 valence electrons. The molecule has 5 nitrogen and oxygen atoms in total. The van der Waals surface area contributed by atoms with Gasteiger partial charge < -0.3 is 15.0 Å². The molecule has 0 amide bonds. The normalized spacial score (nSPS) is 14.1. The van der Waals surface area contributed by atoms with E-state index in [1.807, 2.05) is 20.8 Å². The maximum Gasteiger partial charge on any atom is 0.246 e. The van der Waals surface area contributed by atoms with Crippen LogP contribution in [0.3, 0.4) is 0 Å². The van der Waals surface area contributed by atoms with Crippen LogP contribution in [0.15, 0.2) is 4.52 Å². The fourth-order valence-electron chi connectivity index (χ4n) is 1.57. The van der Waals surface area contributed by atoms with Crippen LogP contribution in [0.5, 0.6) is 0 Å². The molecule has 1 atom stereocenters. The third kappa shape index (κ3) is 2.41. The minimum Gasteiger partial charge on any atom is -0.373 e. The second-order valence-corrected chi connectivity index (χ2v) is 3.95. The van der Waals surface area contributed by atoms with Gasteiger partial charge in [-0.15, -0.1) is 0 Å². The highest BCUT2D eigenvalue weighted by Gasteiger charge is 2.31. The topological polar surface area (TPSA) is 74.2 Å². The minimum atomic E-state index is -0.517. The largest absolute Gasteiger partial charge is 0.373 e. The molecule has 0 radical (unpaired) electrons. The van der Waals surface area contributed by atoms with Crippen molar-refractivity contribution in [3.05, 3.63) is 11.7 Å².